The number of carbonyl (C=O) groups excluding carboxylic acids is 1. The van der Waals surface area contributed by atoms with Gasteiger partial charge in [0.15, 0.2) is 0 Å². The summed E-state index contributed by atoms with van der Waals surface area (Å²) in [6, 6.07) is 14.3. The Bertz CT molecular complexity index is 876. The third kappa shape index (κ3) is 5.63. The lowest BCUT2D eigenvalue weighted by Gasteiger charge is -2.25. The van der Waals surface area contributed by atoms with Crippen LogP contribution in [0.4, 0.5) is 0 Å². The highest BCUT2D eigenvalue weighted by atomic mass is 16.6. The van der Waals surface area contributed by atoms with Gasteiger partial charge in [-0.25, -0.2) is 4.79 Å². The lowest BCUT2D eigenvalue weighted by Crippen LogP contribution is -2.23. The Labute approximate surface area is 173 Å². The Kier molecular flexibility index (Phi) is 6.63. The van der Waals surface area contributed by atoms with Crippen LogP contribution in [-0.4, -0.2) is 25.3 Å². The van der Waals surface area contributed by atoms with Crippen LogP contribution >= 0.6 is 0 Å². The van der Waals surface area contributed by atoms with Gasteiger partial charge in [-0.3, -0.25) is 0 Å². The van der Waals surface area contributed by atoms with E-state index in [9.17, 15) is 4.79 Å². The summed E-state index contributed by atoms with van der Waals surface area (Å²) in [5.41, 5.74) is 3.82. The van der Waals surface area contributed by atoms with E-state index in [1.807, 2.05) is 39.0 Å². The van der Waals surface area contributed by atoms with Gasteiger partial charge in [0.05, 0.1) is 13.7 Å². The minimum atomic E-state index is -0.519. The second-order valence-corrected chi connectivity index (χ2v) is 8.26. The monoisotopic (exact) mass is 394 g/mol. The van der Waals surface area contributed by atoms with E-state index in [4.69, 9.17) is 14.2 Å². The molecule has 0 atom stereocenters. The van der Waals surface area contributed by atoms with Crippen molar-refractivity contribution in [3.63, 3.8) is 0 Å². The molecule has 0 amide bonds. The van der Waals surface area contributed by atoms with Crippen molar-refractivity contribution >= 4 is 11.5 Å². The number of rotatable bonds is 6. The van der Waals surface area contributed by atoms with Crippen LogP contribution in [-0.2, 0) is 22.4 Å². The fraction of sp³-hybridized carbons (Fsp3) is 0.400. The van der Waals surface area contributed by atoms with Gasteiger partial charge < -0.3 is 14.2 Å². The first-order chi connectivity index (χ1) is 13.9. The molecular weight excluding hydrogens is 364 g/mol. The average molecular weight is 395 g/mol. The van der Waals surface area contributed by atoms with E-state index in [1.165, 1.54) is 5.56 Å². The summed E-state index contributed by atoms with van der Waals surface area (Å²) in [4.78, 5) is 12.4. The maximum atomic E-state index is 12.4. The summed E-state index contributed by atoms with van der Waals surface area (Å²) < 4.78 is 17.0. The van der Waals surface area contributed by atoms with E-state index in [2.05, 4.69) is 24.3 Å². The molecule has 3 rings (SSSR count). The third-order valence-electron chi connectivity index (χ3n) is 4.84. The van der Waals surface area contributed by atoms with Crippen LogP contribution in [0.15, 0.2) is 48.5 Å². The molecule has 1 aliphatic heterocycles. The molecule has 154 valence electrons. The van der Waals surface area contributed by atoms with Crippen molar-refractivity contribution in [2.75, 3.05) is 13.7 Å². The second-order valence-electron chi connectivity index (χ2n) is 8.26. The standard InChI is InChI=1S/C25H30O4/c1-25(2,3)29-23(26)17-19-15-16-28-22-14-13-21(27-4)20(24(19)22)12-8-11-18-9-6-5-7-10-18/h5-7,9-10,13-14,17H,8,11-12,15-16H2,1-4H3/b19-17+. The van der Waals surface area contributed by atoms with Crippen molar-refractivity contribution < 1.29 is 19.0 Å². The number of hydrogen-bond acceptors (Lipinski definition) is 4. The summed E-state index contributed by atoms with van der Waals surface area (Å²) in [6.45, 7) is 6.18. The topological polar surface area (TPSA) is 44.8 Å². The van der Waals surface area contributed by atoms with Gasteiger partial charge in [0.2, 0.25) is 0 Å². The van der Waals surface area contributed by atoms with Crippen molar-refractivity contribution in [2.45, 2.75) is 52.1 Å². The SMILES string of the molecule is COc1ccc2c(c1CCCc1ccccc1)/C(=C/C(=O)OC(C)(C)C)CCO2. The molecule has 4 heteroatoms. The maximum Gasteiger partial charge on any atom is 0.331 e. The van der Waals surface area contributed by atoms with Gasteiger partial charge in [-0.05, 0) is 63.3 Å². The Morgan fingerprint density at radius 2 is 1.86 bits per heavy atom. The largest absolute Gasteiger partial charge is 0.496 e. The first kappa shape index (κ1) is 21.0. The molecular formula is C25H30O4. The second kappa shape index (κ2) is 9.17. The van der Waals surface area contributed by atoms with Gasteiger partial charge in [0.25, 0.3) is 0 Å². The molecule has 0 spiro atoms. The zero-order valence-corrected chi connectivity index (χ0v) is 17.8. The van der Waals surface area contributed by atoms with Gasteiger partial charge >= 0.3 is 5.97 Å². The van der Waals surface area contributed by atoms with E-state index in [1.54, 1.807) is 13.2 Å². The van der Waals surface area contributed by atoms with Gasteiger partial charge in [-0.1, -0.05) is 30.3 Å². The average Bonchev–Trinajstić information content (AvgIpc) is 2.67. The maximum absolute atomic E-state index is 12.4. The predicted octanol–water partition coefficient (Wildman–Crippen LogP) is 5.38. The Balaban J connectivity index is 1.89. The molecule has 0 fully saturated rings. The number of aryl methyl sites for hydroxylation is 1. The molecule has 0 aliphatic carbocycles. The highest BCUT2D eigenvalue weighted by molar-refractivity contribution is 5.93. The van der Waals surface area contributed by atoms with Crippen molar-refractivity contribution in [1.82, 2.24) is 0 Å². The molecule has 0 saturated carbocycles. The minimum absolute atomic E-state index is 0.321. The van der Waals surface area contributed by atoms with Gasteiger partial charge in [-0.2, -0.15) is 0 Å². The lowest BCUT2D eigenvalue weighted by molar-refractivity contribution is -0.148. The molecule has 2 aromatic carbocycles. The highest BCUT2D eigenvalue weighted by Gasteiger charge is 2.24. The zero-order valence-electron chi connectivity index (χ0n) is 17.8. The number of benzene rings is 2. The number of esters is 1. The first-order valence-electron chi connectivity index (χ1n) is 10.2. The van der Waals surface area contributed by atoms with Crippen LogP contribution < -0.4 is 9.47 Å². The van der Waals surface area contributed by atoms with E-state index in [0.29, 0.717) is 13.0 Å². The van der Waals surface area contributed by atoms with Gasteiger partial charge in [-0.15, -0.1) is 0 Å². The third-order valence-corrected chi connectivity index (χ3v) is 4.84. The van der Waals surface area contributed by atoms with Crippen LogP contribution in [0.5, 0.6) is 11.5 Å². The zero-order chi connectivity index (χ0) is 20.9. The lowest BCUT2D eigenvalue weighted by atomic mass is 9.90. The summed E-state index contributed by atoms with van der Waals surface area (Å²) in [5, 5.41) is 0. The molecule has 0 radical (unpaired) electrons. The Morgan fingerprint density at radius 1 is 1.10 bits per heavy atom. The molecule has 2 aromatic rings. The fourth-order valence-corrected chi connectivity index (χ4v) is 3.65. The smallest absolute Gasteiger partial charge is 0.331 e. The normalized spacial score (nSPS) is 14.8. The number of fused-ring (bicyclic) bond motifs is 1. The molecule has 0 bridgehead atoms. The predicted molar refractivity (Wildman–Crippen MR) is 115 cm³/mol. The van der Waals surface area contributed by atoms with Crippen molar-refractivity contribution in [2.24, 2.45) is 0 Å². The molecule has 0 unspecified atom stereocenters. The van der Waals surface area contributed by atoms with Crippen LogP contribution in [0.1, 0.15) is 50.3 Å². The summed E-state index contributed by atoms with van der Waals surface area (Å²) in [5.74, 6) is 1.32. The molecule has 0 aromatic heterocycles. The molecule has 1 heterocycles. The highest BCUT2D eigenvalue weighted by Crippen LogP contribution is 2.40. The molecule has 0 N–H and O–H groups in total. The fourth-order valence-electron chi connectivity index (χ4n) is 3.65. The van der Waals surface area contributed by atoms with Crippen LogP contribution in [0.3, 0.4) is 0 Å². The molecule has 0 saturated heterocycles. The number of carbonyl (C=O) groups is 1. The number of ether oxygens (including phenoxy) is 3. The van der Waals surface area contributed by atoms with Crippen LogP contribution in [0, 0.1) is 0 Å². The van der Waals surface area contributed by atoms with Crippen molar-refractivity contribution in [1.29, 1.82) is 0 Å². The van der Waals surface area contributed by atoms with E-state index in [-0.39, 0.29) is 5.97 Å². The van der Waals surface area contributed by atoms with E-state index >= 15 is 0 Å². The summed E-state index contributed by atoms with van der Waals surface area (Å²) in [6.07, 6.45) is 5.10. The van der Waals surface area contributed by atoms with E-state index in [0.717, 1.165) is 47.5 Å². The Hall–Kier alpha value is -2.75. The minimum Gasteiger partial charge on any atom is -0.496 e. The van der Waals surface area contributed by atoms with Crippen molar-refractivity contribution in [3.05, 3.63) is 65.2 Å². The quantitative estimate of drug-likeness (QED) is 0.487. The number of methoxy groups -OCH3 is 1. The summed E-state index contributed by atoms with van der Waals surface area (Å²) >= 11 is 0. The van der Waals surface area contributed by atoms with Crippen LogP contribution in [0.2, 0.25) is 0 Å². The number of hydrogen-bond donors (Lipinski definition) is 0. The van der Waals surface area contributed by atoms with Gasteiger partial charge in [0, 0.05) is 23.6 Å². The van der Waals surface area contributed by atoms with E-state index < -0.39 is 5.60 Å². The van der Waals surface area contributed by atoms with Crippen LogP contribution in [0.25, 0.3) is 5.57 Å². The summed E-state index contributed by atoms with van der Waals surface area (Å²) in [7, 11) is 1.68. The van der Waals surface area contributed by atoms with Crippen molar-refractivity contribution in [3.8, 4) is 11.5 Å². The van der Waals surface area contributed by atoms with Gasteiger partial charge in [0.1, 0.15) is 17.1 Å². The Morgan fingerprint density at radius 3 is 2.55 bits per heavy atom. The molecule has 29 heavy (non-hydrogen) atoms. The first-order valence-corrected chi connectivity index (χ1v) is 10.2. The molecule has 1 aliphatic rings. The molecule has 4 nitrogen and oxygen atoms in total.